The van der Waals surface area contributed by atoms with E-state index in [9.17, 15) is 13.9 Å². The highest BCUT2D eigenvalue weighted by Crippen LogP contribution is 2.37. The van der Waals surface area contributed by atoms with E-state index < -0.39 is 17.7 Å². The molecule has 8 nitrogen and oxygen atoms in total. The second-order valence-electron chi connectivity index (χ2n) is 8.78. The largest absolute Gasteiger partial charge is 0.392 e. The van der Waals surface area contributed by atoms with Crippen LogP contribution >= 0.6 is 0 Å². The minimum atomic E-state index is -0.451. The Morgan fingerprint density at radius 2 is 1.97 bits per heavy atom. The molecule has 0 bridgehead atoms. The monoisotopic (exact) mass is 451 g/mol. The maximum absolute atomic E-state index is 14.5. The van der Waals surface area contributed by atoms with E-state index in [0.29, 0.717) is 47.2 Å². The number of benzene rings is 1. The van der Waals surface area contributed by atoms with Gasteiger partial charge in [-0.05, 0) is 49.9 Å². The Kier molecular flexibility index (Phi) is 4.83. The predicted octanol–water partition coefficient (Wildman–Crippen LogP) is 3.76. The fraction of sp³-hybridized carbons (Fsp3) is 0.391. The van der Waals surface area contributed by atoms with Crippen molar-refractivity contribution in [1.29, 1.82) is 0 Å². The number of aliphatic hydroxyl groups is 1. The van der Waals surface area contributed by atoms with Gasteiger partial charge in [-0.15, -0.1) is 0 Å². The van der Waals surface area contributed by atoms with Crippen LogP contribution in [0, 0.1) is 11.6 Å². The zero-order chi connectivity index (χ0) is 22.5. The van der Waals surface area contributed by atoms with Crippen LogP contribution in [-0.4, -0.2) is 47.5 Å². The molecule has 1 saturated carbocycles. The maximum atomic E-state index is 14.5. The Morgan fingerprint density at radius 1 is 1.06 bits per heavy atom. The van der Waals surface area contributed by atoms with Crippen LogP contribution in [0.2, 0.25) is 0 Å². The average molecular weight is 451 g/mol. The summed E-state index contributed by atoms with van der Waals surface area (Å²) in [5.74, 6) is 0.902. The molecular weight excluding hydrogens is 428 g/mol. The van der Waals surface area contributed by atoms with Gasteiger partial charge in [0.25, 0.3) is 0 Å². The highest BCUT2D eigenvalue weighted by atomic mass is 19.1. The first kappa shape index (κ1) is 20.2. The molecule has 1 saturated heterocycles. The molecule has 1 aliphatic heterocycles. The van der Waals surface area contributed by atoms with Gasteiger partial charge < -0.3 is 10.0 Å². The molecule has 3 unspecified atom stereocenters. The molecule has 0 radical (unpaired) electrons. The van der Waals surface area contributed by atoms with Crippen molar-refractivity contribution in [1.82, 2.24) is 29.8 Å². The number of aromatic amines is 1. The van der Waals surface area contributed by atoms with Crippen LogP contribution in [-0.2, 0) is 0 Å². The topological polar surface area (TPSA) is 95.2 Å². The van der Waals surface area contributed by atoms with Crippen LogP contribution in [0.5, 0.6) is 0 Å². The van der Waals surface area contributed by atoms with E-state index >= 15 is 0 Å². The van der Waals surface area contributed by atoms with Gasteiger partial charge in [0.05, 0.1) is 23.9 Å². The lowest BCUT2D eigenvalue weighted by Crippen LogP contribution is -2.24. The van der Waals surface area contributed by atoms with E-state index in [-0.39, 0.29) is 12.0 Å². The summed E-state index contributed by atoms with van der Waals surface area (Å²) in [5, 5.41) is 21.9. The van der Waals surface area contributed by atoms with E-state index in [1.54, 1.807) is 16.9 Å². The summed E-state index contributed by atoms with van der Waals surface area (Å²) in [6, 6.07) is 5.12. The predicted molar refractivity (Wildman–Crippen MR) is 117 cm³/mol. The van der Waals surface area contributed by atoms with Gasteiger partial charge in [-0.25, -0.2) is 23.3 Å². The first-order valence-electron chi connectivity index (χ1n) is 11.2. The van der Waals surface area contributed by atoms with Crippen LogP contribution in [0.4, 0.5) is 14.6 Å². The quantitative estimate of drug-likeness (QED) is 0.491. The maximum Gasteiger partial charge on any atom is 0.186 e. The molecule has 10 heteroatoms. The van der Waals surface area contributed by atoms with Gasteiger partial charge in [-0.1, -0.05) is 6.42 Å². The van der Waals surface area contributed by atoms with Crippen LogP contribution < -0.4 is 4.90 Å². The van der Waals surface area contributed by atoms with Crippen LogP contribution in [0.15, 0.2) is 36.7 Å². The number of nitrogens with one attached hydrogen (secondary N) is 1. The molecule has 1 aromatic carbocycles. The molecule has 2 fully saturated rings. The molecule has 3 atom stereocenters. The summed E-state index contributed by atoms with van der Waals surface area (Å²) >= 11 is 0. The molecule has 4 aromatic rings. The van der Waals surface area contributed by atoms with Crippen molar-refractivity contribution in [3.63, 3.8) is 0 Å². The third-order valence-corrected chi connectivity index (χ3v) is 6.79. The van der Waals surface area contributed by atoms with Gasteiger partial charge in [-0.3, -0.25) is 5.10 Å². The second-order valence-corrected chi connectivity index (χ2v) is 8.78. The lowest BCUT2D eigenvalue weighted by atomic mass is 10.0. The second kappa shape index (κ2) is 7.87. The number of hydrogen-bond acceptors (Lipinski definition) is 6. The van der Waals surface area contributed by atoms with Crippen molar-refractivity contribution >= 4 is 11.5 Å². The molecule has 0 spiro atoms. The van der Waals surface area contributed by atoms with Gasteiger partial charge in [0, 0.05) is 24.2 Å². The Bertz CT molecular complexity index is 1320. The van der Waals surface area contributed by atoms with E-state index in [4.69, 9.17) is 4.98 Å². The first-order valence-corrected chi connectivity index (χ1v) is 11.2. The van der Waals surface area contributed by atoms with E-state index in [2.05, 4.69) is 20.3 Å². The summed E-state index contributed by atoms with van der Waals surface area (Å²) in [4.78, 5) is 11.4. The highest BCUT2D eigenvalue weighted by Gasteiger charge is 2.31. The normalized spacial score (nSPS) is 23.1. The van der Waals surface area contributed by atoms with Crippen molar-refractivity contribution in [3.8, 4) is 11.4 Å². The highest BCUT2D eigenvalue weighted by molar-refractivity contribution is 5.73. The zero-order valence-corrected chi connectivity index (χ0v) is 17.8. The van der Waals surface area contributed by atoms with Crippen LogP contribution in [0.25, 0.3) is 17.0 Å². The Balaban J connectivity index is 1.36. The van der Waals surface area contributed by atoms with Crippen molar-refractivity contribution < 1.29 is 13.9 Å². The van der Waals surface area contributed by atoms with Crippen LogP contribution in [0.3, 0.4) is 0 Å². The molecule has 33 heavy (non-hydrogen) atoms. The molecule has 0 amide bonds. The van der Waals surface area contributed by atoms with E-state index in [1.165, 1.54) is 12.1 Å². The summed E-state index contributed by atoms with van der Waals surface area (Å²) < 4.78 is 30.0. The summed E-state index contributed by atoms with van der Waals surface area (Å²) in [7, 11) is 0. The van der Waals surface area contributed by atoms with E-state index in [0.717, 1.165) is 31.7 Å². The van der Waals surface area contributed by atoms with Crippen molar-refractivity contribution in [3.05, 3.63) is 59.7 Å². The molecule has 4 heterocycles. The minimum absolute atomic E-state index is 0.0388. The Hall–Kier alpha value is -3.40. The molecular formula is C23H23F2N7O. The lowest BCUT2D eigenvalue weighted by Gasteiger charge is -2.26. The smallest absolute Gasteiger partial charge is 0.186 e. The third-order valence-electron chi connectivity index (χ3n) is 6.79. The summed E-state index contributed by atoms with van der Waals surface area (Å²) in [5.41, 5.74) is 1.59. The summed E-state index contributed by atoms with van der Waals surface area (Å²) in [6.07, 6.45) is 7.23. The molecule has 6 rings (SSSR count). The van der Waals surface area contributed by atoms with Gasteiger partial charge in [0.2, 0.25) is 0 Å². The van der Waals surface area contributed by atoms with E-state index in [1.807, 2.05) is 11.0 Å². The van der Waals surface area contributed by atoms with Gasteiger partial charge in [0.1, 0.15) is 23.3 Å². The number of H-pyrrole nitrogens is 1. The van der Waals surface area contributed by atoms with Gasteiger partial charge in [-0.2, -0.15) is 10.2 Å². The molecule has 2 N–H and O–H groups in total. The number of fused-ring (bicyclic) bond motifs is 1. The van der Waals surface area contributed by atoms with Crippen molar-refractivity contribution in [2.75, 3.05) is 11.4 Å². The van der Waals surface area contributed by atoms with Crippen molar-refractivity contribution in [2.45, 2.75) is 50.2 Å². The van der Waals surface area contributed by atoms with Gasteiger partial charge in [0.15, 0.2) is 11.5 Å². The van der Waals surface area contributed by atoms with Gasteiger partial charge >= 0.3 is 0 Å². The standard InChI is InChI=1S/C23H23F2N7O/c24-13-6-7-17(25)15(11-13)18-4-2-9-31(18)20-8-10-32-23(27-20)16(12-26-32)22-28-21(29-30-22)14-3-1-5-19(14)33/h6-8,10-12,14,18-19,33H,1-5,9H2,(H,28,29,30). The SMILES string of the molecule is OC1CCCC1c1nc(-c2cnn3ccc(N4CCCC4c4cc(F)ccc4F)nc23)n[nH]1. The fourth-order valence-corrected chi connectivity index (χ4v) is 5.13. The Labute approximate surface area is 188 Å². The molecule has 1 aliphatic carbocycles. The number of halogens is 2. The third kappa shape index (κ3) is 3.45. The minimum Gasteiger partial charge on any atom is -0.392 e. The number of hydrogen-bond donors (Lipinski definition) is 2. The molecule has 3 aromatic heterocycles. The average Bonchev–Trinajstić information content (AvgIpc) is 3.60. The lowest BCUT2D eigenvalue weighted by molar-refractivity contribution is 0.161. The molecule has 170 valence electrons. The Morgan fingerprint density at radius 3 is 2.82 bits per heavy atom. The zero-order valence-electron chi connectivity index (χ0n) is 17.8. The van der Waals surface area contributed by atoms with Crippen LogP contribution in [0.1, 0.15) is 55.5 Å². The van der Waals surface area contributed by atoms with Crippen molar-refractivity contribution in [2.24, 2.45) is 0 Å². The number of anilines is 1. The number of rotatable bonds is 4. The number of aromatic nitrogens is 6. The number of aliphatic hydroxyl groups excluding tert-OH is 1. The number of nitrogens with zero attached hydrogens (tertiary/aromatic N) is 6. The fourth-order valence-electron chi connectivity index (χ4n) is 5.13. The summed E-state index contributed by atoms with van der Waals surface area (Å²) in [6.45, 7) is 0.692. The molecule has 2 aliphatic rings. The first-order chi connectivity index (χ1) is 16.1.